The number of hydrogen-bond acceptors (Lipinski definition) is 6. The van der Waals surface area contributed by atoms with E-state index in [0.717, 1.165) is 40.9 Å². The molecule has 4 heterocycles. The molecule has 0 aliphatic carbocycles. The van der Waals surface area contributed by atoms with Crippen LogP contribution < -0.4 is 5.56 Å². The van der Waals surface area contributed by atoms with Crippen molar-refractivity contribution in [3.8, 4) is 11.4 Å². The topological polar surface area (TPSA) is 87.7 Å². The van der Waals surface area contributed by atoms with Crippen molar-refractivity contribution in [2.45, 2.75) is 19.5 Å². The van der Waals surface area contributed by atoms with Crippen LogP contribution >= 0.6 is 0 Å². The van der Waals surface area contributed by atoms with E-state index in [2.05, 4.69) is 37.0 Å². The number of hydrogen-bond donors (Lipinski definition) is 1. The van der Waals surface area contributed by atoms with Crippen LogP contribution in [0.4, 0.5) is 0 Å². The quantitative estimate of drug-likeness (QED) is 0.596. The van der Waals surface area contributed by atoms with E-state index >= 15 is 0 Å². The molecule has 0 saturated heterocycles. The van der Waals surface area contributed by atoms with Gasteiger partial charge < -0.3 is 4.98 Å². The Bertz CT molecular complexity index is 1200. The van der Waals surface area contributed by atoms with E-state index in [1.54, 1.807) is 24.8 Å². The molecular formula is C21H18N6O. The number of pyridine rings is 1. The Morgan fingerprint density at radius 1 is 1.07 bits per heavy atom. The molecule has 0 amide bonds. The van der Waals surface area contributed by atoms with Crippen LogP contribution in [0.15, 0.2) is 59.9 Å². The number of benzene rings is 1. The molecule has 0 saturated carbocycles. The van der Waals surface area contributed by atoms with Gasteiger partial charge in [0.25, 0.3) is 5.56 Å². The molecule has 7 nitrogen and oxygen atoms in total. The van der Waals surface area contributed by atoms with Crippen molar-refractivity contribution in [3.05, 3.63) is 82.3 Å². The van der Waals surface area contributed by atoms with Crippen LogP contribution in [0.1, 0.15) is 16.8 Å². The Kier molecular flexibility index (Phi) is 4.14. The summed E-state index contributed by atoms with van der Waals surface area (Å²) in [5.74, 6) is 0.569. The molecule has 0 fully saturated rings. The van der Waals surface area contributed by atoms with E-state index in [1.807, 2.05) is 18.2 Å². The predicted octanol–water partition coefficient (Wildman–Crippen LogP) is 2.33. The zero-order valence-electron chi connectivity index (χ0n) is 15.2. The van der Waals surface area contributed by atoms with Gasteiger partial charge in [-0.3, -0.25) is 24.6 Å². The van der Waals surface area contributed by atoms with Crippen LogP contribution in [0, 0.1) is 0 Å². The minimum absolute atomic E-state index is 0.0514. The van der Waals surface area contributed by atoms with Gasteiger partial charge in [-0.2, -0.15) is 0 Å². The number of H-pyrrole nitrogens is 1. The summed E-state index contributed by atoms with van der Waals surface area (Å²) in [5, 5.41) is 0. The first-order valence-corrected chi connectivity index (χ1v) is 9.21. The molecule has 1 aromatic carbocycles. The largest absolute Gasteiger partial charge is 0.306 e. The van der Waals surface area contributed by atoms with Gasteiger partial charge in [-0.15, -0.1) is 0 Å². The summed E-state index contributed by atoms with van der Waals surface area (Å²) in [5.41, 5.74) is 5.35. The van der Waals surface area contributed by atoms with Crippen LogP contribution in [0.3, 0.4) is 0 Å². The smallest absolute Gasteiger partial charge is 0.254 e. The van der Waals surface area contributed by atoms with Gasteiger partial charge in [-0.1, -0.05) is 6.07 Å². The Morgan fingerprint density at radius 3 is 2.82 bits per heavy atom. The number of rotatable bonds is 3. The molecule has 0 atom stereocenters. The number of nitrogens with zero attached hydrogens (tertiary/aromatic N) is 5. The first-order valence-electron chi connectivity index (χ1n) is 9.21. The predicted molar refractivity (Wildman–Crippen MR) is 105 cm³/mol. The van der Waals surface area contributed by atoms with Crippen molar-refractivity contribution in [3.63, 3.8) is 0 Å². The number of fused-ring (bicyclic) bond motifs is 2. The van der Waals surface area contributed by atoms with Crippen LogP contribution in [0.5, 0.6) is 0 Å². The van der Waals surface area contributed by atoms with E-state index in [-0.39, 0.29) is 5.56 Å². The summed E-state index contributed by atoms with van der Waals surface area (Å²) < 4.78 is 0. The highest BCUT2D eigenvalue weighted by molar-refractivity contribution is 5.74. The van der Waals surface area contributed by atoms with Crippen molar-refractivity contribution < 1.29 is 0 Å². The molecular weight excluding hydrogens is 352 g/mol. The summed E-state index contributed by atoms with van der Waals surface area (Å²) in [4.78, 5) is 35.3. The summed E-state index contributed by atoms with van der Waals surface area (Å²) >= 11 is 0. The third-order valence-electron chi connectivity index (χ3n) is 5.03. The van der Waals surface area contributed by atoms with Crippen LogP contribution in [0.25, 0.3) is 22.4 Å². The monoisotopic (exact) mass is 370 g/mol. The third kappa shape index (κ3) is 3.16. The fourth-order valence-electron chi connectivity index (χ4n) is 3.63. The Balaban J connectivity index is 1.42. The molecule has 7 heteroatoms. The minimum atomic E-state index is -0.0514. The van der Waals surface area contributed by atoms with Crippen LogP contribution in [-0.2, 0) is 19.5 Å². The molecule has 5 rings (SSSR count). The molecule has 0 bridgehead atoms. The first-order chi connectivity index (χ1) is 13.8. The van der Waals surface area contributed by atoms with Gasteiger partial charge >= 0.3 is 0 Å². The van der Waals surface area contributed by atoms with E-state index in [9.17, 15) is 4.79 Å². The third-order valence-corrected chi connectivity index (χ3v) is 5.03. The van der Waals surface area contributed by atoms with Crippen molar-refractivity contribution in [1.29, 1.82) is 0 Å². The van der Waals surface area contributed by atoms with Gasteiger partial charge in [0.05, 0.1) is 16.7 Å². The van der Waals surface area contributed by atoms with Crippen molar-refractivity contribution in [1.82, 2.24) is 29.8 Å². The molecule has 0 spiro atoms. The number of nitrogens with one attached hydrogen (secondary N) is 1. The highest BCUT2D eigenvalue weighted by atomic mass is 16.1. The van der Waals surface area contributed by atoms with E-state index in [0.29, 0.717) is 18.8 Å². The molecule has 3 aromatic heterocycles. The zero-order chi connectivity index (χ0) is 18.9. The molecule has 0 unspecified atom stereocenters. The van der Waals surface area contributed by atoms with Gasteiger partial charge in [0.1, 0.15) is 5.82 Å². The van der Waals surface area contributed by atoms with Gasteiger partial charge in [0, 0.05) is 55.5 Å². The molecule has 138 valence electrons. The van der Waals surface area contributed by atoms with Gasteiger partial charge in [-0.25, -0.2) is 4.98 Å². The van der Waals surface area contributed by atoms with Gasteiger partial charge in [0.2, 0.25) is 0 Å². The van der Waals surface area contributed by atoms with Crippen molar-refractivity contribution in [2.24, 2.45) is 0 Å². The standard InChI is InChI=1S/C21H18N6O/c28-21-16-5-9-27(12-14-3-4-17-18(10-14)24-8-7-23-17)13-19(16)25-20(26-21)15-2-1-6-22-11-15/h1-4,6-8,10-11H,5,9,12-13H2,(H,25,26,28). The summed E-state index contributed by atoms with van der Waals surface area (Å²) in [7, 11) is 0. The highest BCUT2D eigenvalue weighted by Crippen LogP contribution is 2.20. The lowest BCUT2D eigenvalue weighted by molar-refractivity contribution is 0.240. The lowest BCUT2D eigenvalue weighted by Gasteiger charge is -2.27. The van der Waals surface area contributed by atoms with Crippen LogP contribution in [-0.4, -0.2) is 36.4 Å². The molecule has 28 heavy (non-hydrogen) atoms. The molecule has 0 radical (unpaired) electrons. The summed E-state index contributed by atoms with van der Waals surface area (Å²) in [6, 6.07) is 9.89. The van der Waals surface area contributed by atoms with Gasteiger partial charge in [0.15, 0.2) is 0 Å². The SMILES string of the molecule is O=c1[nH]c(-c2cccnc2)nc2c1CCN(Cc1ccc3nccnc3c1)C2. The lowest BCUT2D eigenvalue weighted by Crippen LogP contribution is -2.35. The second kappa shape index (κ2) is 6.94. The average molecular weight is 370 g/mol. The maximum absolute atomic E-state index is 12.5. The van der Waals surface area contributed by atoms with Crippen LogP contribution in [0.2, 0.25) is 0 Å². The first kappa shape index (κ1) is 16.7. The highest BCUT2D eigenvalue weighted by Gasteiger charge is 2.21. The van der Waals surface area contributed by atoms with Crippen molar-refractivity contribution in [2.75, 3.05) is 6.54 Å². The lowest BCUT2D eigenvalue weighted by atomic mass is 10.0. The number of aromatic amines is 1. The molecule has 4 aromatic rings. The minimum Gasteiger partial charge on any atom is -0.306 e. The van der Waals surface area contributed by atoms with E-state index in [4.69, 9.17) is 4.98 Å². The fourth-order valence-corrected chi connectivity index (χ4v) is 3.63. The second-order valence-electron chi connectivity index (χ2n) is 6.92. The maximum Gasteiger partial charge on any atom is 0.254 e. The summed E-state index contributed by atoms with van der Waals surface area (Å²) in [6.07, 6.45) is 7.52. The Labute approximate surface area is 161 Å². The number of aromatic nitrogens is 5. The maximum atomic E-state index is 12.5. The zero-order valence-corrected chi connectivity index (χ0v) is 15.2. The van der Waals surface area contributed by atoms with Gasteiger partial charge in [-0.05, 0) is 36.2 Å². The Hall–Kier alpha value is -3.45. The van der Waals surface area contributed by atoms with Crippen molar-refractivity contribution >= 4 is 11.0 Å². The Morgan fingerprint density at radius 2 is 1.96 bits per heavy atom. The average Bonchev–Trinajstić information content (AvgIpc) is 2.74. The fraction of sp³-hybridized carbons (Fsp3) is 0.190. The molecule has 1 N–H and O–H groups in total. The van der Waals surface area contributed by atoms with E-state index < -0.39 is 0 Å². The second-order valence-corrected chi connectivity index (χ2v) is 6.92. The normalized spacial score (nSPS) is 14.1. The summed E-state index contributed by atoms with van der Waals surface area (Å²) in [6.45, 7) is 2.25. The van der Waals surface area contributed by atoms with E-state index in [1.165, 1.54) is 5.56 Å². The molecule has 1 aliphatic rings. The molecule has 1 aliphatic heterocycles.